The van der Waals surface area contributed by atoms with Crippen LogP contribution in [0.15, 0.2) is 36.4 Å². The molecule has 1 heterocycles. The van der Waals surface area contributed by atoms with Crippen LogP contribution < -0.4 is 5.32 Å². The first-order chi connectivity index (χ1) is 12.9. The molecule has 2 N–H and O–H groups in total. The maximum atomic E-state index is 12.9. The number of nitrogens with zero attached hydrogens (tertiary/aromatic N) is 1. The Hall–Kier alpha value is -2.05. The molecule has 0 unspecified atom stereocenters. The van der Waals surface area contributed by atoms with E-state index in [1.165, 1.54) is 0 Å². The Morgan fingerprint density at radius 1 is 1.25 bits per heavy atom. The van der Waals surface area contributed by atoms with E-state index < -0.39 is 23.3 Å². The summed E-state index contributed by atoms with van der Waals surface area (Å²) in [6.07, 6.45) is 0.134. The second-order valence-electron chi connectivity index (χ2n) is 8.29. The van der Waals surface area contributed by atoms with E-state index in [2.05, 4.69) is 11.9 Å². The quantitative estimate of drug-likeness (QED) is 0.746. The molecule has 1 aliphatic heterocycles. The highest BCUT2D eigenvalue weighted by atomic mass is 35.5. The van der Waals surface area contributed by atoms with E-state index >= 15 is 0 Å². The highest BCUT2D eigenvalue weighted by Gasteiger charge is 2.37. The smallest absolute Gasteiger partial charge is 0.408 e. The number of carbonyl (C=O) groups excluding carboxylic acids is 2. The zero-order valence-electron chi connectivity index (χ0n) is 16.9. The molecule has 28 heavy (non-hydrogen) atoms. The van der Waals surface area contributed by atoms with Crippen molar-refractivity contribution in [3.05, 3.63) is 47.0 Å². The number of halogens is 1. The third-order valence-electron chi connectivity index (χ3n) is 4.68. The van der Waals surface area contributed by atoms with Gasteiger partial charge in [-0.05, 0) is 63.8 Å². The summed E-state index contributed by atoms with van der Waals surface area (Å²) in [6.45, 7) is 11.5. The molecule has 154 valence electrons. The van der Waals surface area contributed by atoms with Crippen molar-refractivity contribution in [2.75, 3.05) is 13.1 Å². The van der Waals surface area contributed by atoms with Crippen molar-refractivity contribution < 1.29 is 19.4 Å². The molecule has 1 aromatic carbocycles. The zero-order chi connectivity index (χ0) is 21.1. The van der Waals surface area contributed by atoms with E-state index in [-0.39, 0.29) is 5.91 Å². The summed E-state index contributed by atoms with van der Waals surface area (Å²) < 4.78 is 5.24. The number of likely N-dealkylation sites (tertiary alicyclic amines) is 1. The minimum absolute atomic E-state index is 0.253. The van der Waals surface area contributed by atoms with Gasteiger partial charge in [0.15, 0.2) is 0 Å². The van der Waals surface area contributed by atoms with E-state index in [4.69, 9.17) is 16.3 Å². The molecule has 0 aliphatic carbocycles. The van der Waals surface area contributed by atoms with Gasteiger partial charge in [0.2, 0.25) is 5.91 Å². The van der Waals surface area contributed by atoms with Crippen molar-refractivity contribution in [1.29, 1.82) is 0 Å². The largest absolute Gasteiger partial charge is 0.444 e. The van der Waals surface area contributed by atoms with Crippen molar-refractivity contribution in [2.24, 2.45) is 0 Å². The van der Waals surface area contributed by atoms with Gasteiger partial charge >= 0.3 is 6.09 Å². The summed E-state index contributed by atoms with van der Waals surface area (Å²) >= 11 is 5.92. The lowest BCUT2D eigenvalue weighted by Gasteiger charge is -2.40. The molecule has 0 bridgehead atoms. The molecule has 1 aromatic rings. The molecule has 0 radical (unpaired) electrons. The number of alkyl carbamates (subject to hydrolysis) is 1. The van der Waals surface area contributed by atoms with Crippen LogP contribution in [0, 0.1) is 0 Å². The van der Waals surface area contributed by atoms with Crippen LogP contribution in [0.2, 0.25) is 5.02 Å². The standard InChI is InChI=1S/C21H29ClN2O4/c1-14(2)17(23-19(26)28-20(3,4)5)18(25)24-12-10-21(27,11-13-24)15-6-8-16(22)9-7-15/h6-9,17,27H,1,10-13H2,2-5H3,(H,23,26)/t17-/m1/s1. The fraction of sp³-hybridized carbons (Fsp3) is 0.524. The minimum atomic E-state index is -1.00. The first-order valence-electron chi connectivity index (χ1n) is 9.33. The van der Waals surface area contributed by atoms with Crippen LogP contribution >= 0.6 is 11.6 Å². The molecule has 2 amide bonds. The van der Waals surface area contributed by atoms with Crippen molar-refractivity contribution >= 4 is 23.6 Å². The second-order valence-corrected chi connectivity index (χ2v) is 8.73. The number of benzene rings is 1. The lowest BCUT2D eigenvalue weighted by atomic mass is 9.84. The summed E-state index contributed by atoms with van der Waals surface area (Å²) in [5.74, 6) is -0.253. The van der Waals surface area contributed by atoms with Crippen LogP contribution in [0.4, 0.5) is 4.79 Å². The van der Waals surface area contributed by atoms with E-state index in [0.29, 0.717) is 36.5 Å². The molecule has 2 rings (SSSR count). The summed E-state index contributed by atoms with van der Waals surface area (Å²) in [4.78, 5) is 26.6. The maximum absolute atomic E-state index is 12.9. The Morgan fingerprint density at radius 3 is 2.25 bits per heavy atom. The number of ether oxygens (including phenoxy) is 1. The first kappa shape index (κ1) is 22.2. The van der Waals surface area contributed by atoms with Crippen LogP contribution in [0.5, 0.6) is 0 Å². The zero-order valence-corrected chi connectivity index (χ0v) is 17.7. The molecule has 0 aromatic heterocycles. The predicted octanol–water partition coefficient (Wildman–Crippen LogP) is 3.62. The van der Waals surface area contributed by atoms with Crippen LogP contribution in [-0.4, -0.2) is 46.7 Å². The molecule has 1 aliphatic rings. The molecule has 1 fully saturated rings. The van der Waals surface area contributed by atoms with Gasteiger partial charge in [0.25, 0.3) is 0 Å². The molecule has 1 atom stereocenters. The second kappa shape index (κ2) is 8.53. The third kappa shape index (κ3) is 5.72. The van der Waals surface area contributed by atoms with Crippen LogP contribution in [0.1, 0.15) is 46.1 Å². The lowest BCUT2D eigenvalue weighted by Crippen LogP contribution is -2.53. The average Bonchev–Trinajstić information content (AvgIpc) is 2.58. The fourth-order valence-corrected chi connectivity index (χ4v) is 3.28. The molecule has 7 heteroatoms. The summed E-state index contributed by atoms with van der Waals surface area (Å²) in [5, 5.41) is 14.2. The highest BCUT2D eigenvalue weighted by Crippen LogP contribution is 2.33. The van der Waals surface area contributed by atoms with Gasteiger partial charge in [-0.15, -0.1) is 0 Å². The SMILES string of the molecule is C=C(C)[C@@H](NC(=O)OC(C)(C)C)C(=O)N1CCC(O)(c2ccc(Cl)cc2)CC1. The Labute approximate surface area is 171 Å². The number of hydrogen-bond donors (Lipinski definition) is 2. The minimum Gasteiger partial charge on any atom is -0.444 e. The van der Waals surface area contributed by atoms with Gasteiger partial charge in [-0.1, -0.05) is 30.3 Å². The third-order valence-corrected chi connectivity index (χ3v) is 4.94. The first-order valence-corrected chi connectivity index (χ1v) is 9.71. The molecule has 6 nitrogen and oxygen atoms in total. The van der Waals surface area contributed by atoms with Crippen LogP contribution in [0.25, 0.3) is 0 Å². The topological polar surface area (TPSA) is 78.9 Å². The van der Waals surface area contributed by atoms with E-state index in [1.54, 1.807) is 56.9 Å². The number of amides is 2. The average molecular weight is 409 g/mol. The predicted molar refractivity (Wildman–Crippen MR) is 109 cm³/mol. The maximum Gasteiger partial charge on any atom is 0.408 e. The molecule has 1 saturated heterocycles. The number of piperidine rings is 1. The molecular formula is C21H29ClN2O4. The number of hydrogen-bond acceptors (Lipinski definition) is 4. The van der Waals surface area contributed by atoms with Gasteiger partial charge < -0.3 is 20.1 Å². The van der Waals surface area contributed by atoms with E-state index in [0.717, 1.165) is 5.56 Å². The van der Waals surface area contributed by atoms with Gasteiger partial charge in [0.05, 0.1) is 5.60 Å². The van der Waals surface area contributed by atoms with Gasteiger partial charge in [0.1, 0.15) is 11.6 Å². The van der Waals surface area contributed by atoms with Crippen LogP contribution in [0.3, 0.4) is 0 Å². The number of rotatable bonds is 4. The van der Waals surface area contributed by atoms with Crippen LogP contribution in [-0.2, 0) is 15.1 Å². The molecule has 0 spiro atoms. The number of nitrogens with one attached hydrogen (secondary N) is 1. The summed E-state index contributed by atoms with van der Waals surface area (Å²) in [5.41, 5.74) is -0.354. The number of carbonyl (C=O) groups is 2. The normalized spacial score (nSPS) is 17.6. The molecule has 0 saturated carbocycles. The van der Waals surface area contributed by atoms with E-state index in [1.807, 2.05) is 0 Å². The Morgan fingerprint density at radius 2 is 1.79 bits per heavy atom. The Balaban J connectivity index is 2.02. The van der Waals surface area contributed by atoms with Crippen molar-refractivity contribution in [1.82, 2.24) is 10.2 Å². The number of aliphatic hydroxyl groups is 1. The lowest BCUT2D eigenvalue weighted by molar-refractivity contribution is -0.137. The van der Waals surface area contributed by atoms with E-state index in [9.17, 15) is 14.7 Å². The Kier molecular flexibility index (Phi) is 6.78. The highest BCUT2D eigenvalue weighted by molar-refractivity contribution is 6.30. The van der Waals surface area contributed by atoms with Crippen molar-refractivity contribution in [3.63, 3.8) is 0 Å². The summed E-state index contributed by atoms with van der Waals surface area (Å²) in [7, 11) is 0. The van der Waals surface area contributed by atoms with Gasteiger partial charge in [-0.3, -0.25) is 4.79 Å². The van der Waals surface area contributed by atoms with Gasteiger partial charge in [-0.2, -0.15) is 0 Å². The Bertz CT molecular complexity index is 732. The van der Waals surface area contributed by atoms with Gasteiger partial charge in [0, 0.05) is 18.1 Å². The van der Waals surface area contributed by atoms with Crippen molar-refractivity contribution in [3.8, 4) is 0 Å². The van der Waals surface area contributed by atoms with Gasteiger partial charge in [-0.25, -0.2) is 4.79 Å². The summed E-state index contributed by atoms with van der Waals surface area (Å²) in [6, 6.07) is 6.24. The molecular weight excluding hydrogens is 380 g/mol. The van der Waals surface area contributed by atoms with Crippen molar-refractivity contribution in [2.45, 2.75) is 57.8 Å². The fourth-order valence-electron chi connectivity index (χ4n) is 3.15. The monoisotopic (exact) mass is 408 g/mol.